The molecule has 0 aliphatic heterocycles. The van der Waals surface area contributed by atoms with Crippen LogP contribution in [-0.4, -0.2) is 36.9 Å². The highest BCUT2D eigenvalue weighted by Crippen LogP contribution is 2.29. The molecule has 134 valence electrons. The summed E-state index contributed by atoms with van der Waals surface area (Å²) in [5, 5.41) is 0. The zero-order chi connectivity index (χ0) is 18.6. The fourth-order valence-corrected chi connectivity index (χ4v) is 2.54. The minimum Gasteiger partial charge on any atom is -0.345 e. The molecule has 1 amide bonds. The van der Waals surface area contributed by atoms with Gasteiger partial charge in [0.25, 0.3) is 5.91 Å². The van der Waals surface area contributed by atoms with E-state index in [0.29, 0.717) is 18.7 Å². The molecule has 0 fully saturated rings. The van der Waals surface area contributed by atoms with Crippen LogP contribution in [0.2, 0.25) is 0 Å². The summed E-state index contributed by atoms with van der Waals surface area (Å²) in [4.78, 5) is 15.5. The molecule has 0 bridgehead atoms. The van der Waals surface area contributed by atoms with Crippen molar-refractivity contribution >= 4 is 5.91 Å². The number of hydrogen-bond acceptors (Lipinski definition) is 2. The zero-order valence-electron chi connectivity index (χ0n) is 14.5. The molecule has 0 saturated carbocycles. The molecule has 0 radical (unpaired) electrons. The molecule has 0 atom stereocenters. The average Bonchev–Trinajstić information content (AvgIpc) is 2.53. The van der Waals surface area contributed by atoms with E-state index >= 15 is 0 Å². The topological polar surface area (TPSA) is 23.6 Å². The third-order valence-electron chi connectivity index (χ3n) is 3.77. The molecular formula is C19H21F3N2O. The molecule has 2 aromatic carbocycles. The van der Waals surface area contributed by atoms with Gasteiger partial charge in [0.2, 0.25) is 0 Å². The van der Waals surface area contributed by atoms with Crippen molar-refractivity contribution in [1.82, 2.24) is 9.80 Å². The smallest absolute Gasteiger partial charge is 0.345 e. The lowest BCUT2D eigenvalue weighted by atomic mass is 10.1. The Morgan fingerprint density at radius 3 is 2.08 bits per heavy atom. The lowest BCUT2D eigenvalue weighted by molar-refractivity contribution is -0.137. The van der Waals surface area contributed by atoms with Gasteiger partial charge in [-0.15, -0.1) is 0 Å². The molecule has 25 heavy (non-hydrogen) atoms. The van der Waals surface area contributed by atoms with Gasteiger partial charge in [-0.1, -0.05) is 24.3 Å². The summed E-state index contributed by atoms with van der Waals surface area (Å²) in [5.74, 6) is -0.0627. The summed E-state index contributed by atoms with van der Waals surface area (Å²) in [5.41, 5.74) is 1.75. The molecular weight excluding hydrogens is 329 g/mol. The van der Waals surface area contributed by atoms with Crippen LogP contribution in [0.5, 0.6) is 0 Å². The lowest BCUT2D eigenvalue weighted by Gasteiger charge is -2.18. The van der Waals surface area contributed by atoms with E-state index in [-0.39, 0.29) is 5.91 Å². The average molecular weight is 350 g/mol. The van der Waals surface area contributed by atoms with Gasteiger partial charge in [-0.25, -0.2) is 0 Å². The van der Waals surface area contributed by atoms with Crippen LogP contribution < -0.4 is 0 Å². The Kier molecular flexibility index (Phi) is 5.85. The van der Waals surface area contributed by atoms with Gasteiger partial charge in [-0.2, -0.15) is 13.2 Å². The summed E-state index contributed by atoms with van der Waals surface area (Å²) in [6.45, 7) is 1.11. The number of amides is 1. The standard InChI is InChI=1S/C19H21F3N2O/c1-23(2)18(25)16-6-4-5-15(11-16)13-24(3)12-14-7-9-17(10-8-14)19(20,21)22/h4-11H,12-13H2,1-3H3. The molecule has 0 aliphatic carbocycles. The molecule has 0 N–H and O–H groups in total. The molecule has 6 heteroatoms. The third-order valence-corrected chi connectivity index (χ3v) is 3.77. The van der Waals surface area contributed by atoms with Crippen LogP contribution in [-0.2, 0) is 19.3 Å². The SMILES string of the molecule is CN(Cc1ccc(C(F)(F)F)cc1)Cc1cccc(C(=O)N(C)C)c1. The number of alkyl halides is 3. The van der Waals surface area contributed by atoms with Crippen molar-refractivity contribution < 1.29 is 18.0 Å². The summed E-state index contributed by atoms with van der Waals surface area (Å²) < 4.78 is 37.8. The second-order valence-corrected chi connectivity index (χ2v) is 6.27. The highest BCUT2D eigenvalue weighted by atomic mass is 19.4. The normalized spacial score (nSPS) is 11.6. The Morgan fingerprint density at radius 2 is 1.52 bits per heavy atom. The van der Waals surface area contributed by atoms with Crippen LogP contribution in [0.1, 0.15) is 27.0 Å². The predicted molar refractivity (Wildman–Crippen MR) is 91.1 cm³/mol. The van der Waals surface area contributed by atoms with Gasteiger partial charge in [0, 0.05) is 32.7 Å². The fourth-order valence-electron chi connectivity index (χ4n) is 2.54. The van der Waals surface area contributed by atoms with Crippen molar-refractivity contribution in [2.24, 2.45) is 0 Å². The number of hydrogen-bond donors (Lipinski definition) is 0. The maximum Gasteiger partial charge on any atom is 0.416 e. The molecule has 2 rings (SSSR count). The number of carbonyl (C=O) groups excluding carboxylic acids is 1. The number of carbonyl (C=O) groups is 1. The van der Waals surface area contributed by atoms with Crippen molar-refractivity contribution in [2.45, 2.75) is 19.3 Å². The van der Waals surface area contributed by atoms with Gasteiger partial charge < -0.3 is 4.90 Å². The van der Waals surface area contributed by atoms with Crippen molar-refractivity contribution in [3.8, 4) is 0 Å². The van der Waals surface area contributed by atoms with Crippen LogP contribution in [0.3, 0.4) is 0 Å². The Bertz CT molecular complexity index is 724. The van der Waals surface area contributed by atoms with Gasteiger partial charge in [-0.05, 0) is 42.4 Å². The molecule has 3 nitrogen and oxygen atoms in total. The second-order valence-electron chi connectivity index (χ2n) is 6.27. The molecule has 0 heterocycles. The van der Waals surface area contributed by atoms with E-state index in [4.69, 9.17) is 0 Å². The van der Waals surface area contributed by atoms with Crippen molar-refractivity contribution in [3.05, 3.63) is 70.8 Å². The van der Waals surface area contributed by atoms with E-state index in [1.165, 1.54) is 17.0 Å². The highest BCUT2D eigenvalue weighted by Gasteiger charge is 2.29. The first-order valence-corrected chi connectivity index (χ1v) is 7.82. The number of nitrogens with zero attached hydrogens (tertiary/aromatic N) is 2. The quantitative estimate of drug-likeness (QED) is 0.813. The predicted octanol–water partition coefficient (Wildman–Crippen LogP) is 4.04. The molecule has 0 spiro atoms. The first-order valence-electron chi connectivity index (χ1n) is 7.82. The Hall–Kier alpha value is -2.34. The monoisotopic (exact) mass is 350 g/mol. The largest absolute Gasteiger partial charge is 0.416 e. The van der Waals surface area contributed by atoms with Crippen molar-refractivity contribution in [2.75, 3.05) is 21.1 Å². The molecule has 2 aromatic rings. The van der Waals surface area contributed by atoms with E-state index < -0.39 is 11.7 Å². The van der Waals surface area contributed by atoms with E-state index in [0.717, 1.165) is 23.3 Å². The fraction of sp³-hybridized carbons (Fsp3) is 0.316. The number of benzene rings is 2. The molecule has 0 aliphatic rings. The minimum atomic E-state index is -4.32. The van der Waals surface area contributed by atoms with E-state index in [2.05, 4.69) is 0 Å². The maximum atomic E-state index is 12.6. The summed E-state index contributed by atoms with van der Waals surface area (Å²) in [6, 6.07) is 12.5. The van der Waals surface area contributed by atoms with Crippen LogP contribution in [0.25, 0.3) is 0 Å². The zero-order valence-corrected chi connectivity index (χ0v) is 14.5. The minimum absolute atomic E-state index is 0.0627. The Balaban J connectivity index is 2.02. The van der Waals surface area contributed by atoms with Gasteiger partial charge >= 0.3 is 6.18 Å². The van der Waals surface area contributed by atoms with E-state index in [9.17, 15) is 18.0 Å². The van der Waals surface area contributed by atoms with Crippen LogP contribution in [0.15, 0.2) is 48.5 Å². The van der Waals surface area contributed by atoms with Gasteiger partial charge in [-0.3, -0.25) is 9.69 Å². The first kappa shape index (κ1) is 19.0. The lowest BCUT2D eigenvalue weighted by Crippen LogP contribution is -2.22. The Morgan fingerprint density at radius 1 is 0.920 bits per heavy atom. The van der Waals surface area contributed by atoms with Gasteiger partial charge in [0.1, 0.15) is 0 Å². The van der Waals surface area contributed by atoms with Crippen molar-refractivity contribution in [3.63, 3.8) is 0 Å². The summed E-state index contributed by atoms with van der Waals surface area (Å²) in [7, 11) is 5.29. The van der Waals surface area contributed by atoms with Crippen LogP contribution in [0.4, 0.5) is 13.2 Å². The van der Waals surface area contributed by atoms with E-state index in [1.807, 2.05) is 30.1 Å². The van der Waals surface area contributed by atoms with Crippen molar-refractivity contribution in [1.29, 1.82) is 0 Å². The van der Waals surface area contributed by atoms with E-state index in [1.54, 1.807) is 20.2 Å². The summed E-state index contributed by atoms with van der Waals surface area (Å²) >= 11 is 0. The molecule has 0 unspecified atom stereocenters. The van der Waals surface area contributed by atoms with Crippen LogP contribution >= 0.6 is 0 Å². The third kappa shape index (κ3) is 5.32. The first-order chi connectivity index (χ1) is 11.7. The Labute approximate surface area is 145 Å². The van der Waals surface area contributed by atoms with Gasteiger partial charge in [0.05, 0.1) is 5.56 Å². The maximum absolute atomic E-state index is 12.6. The summed E-state index contributed by atoms with van der Waals surface area (Å²) in [6.07, 6.45) is -4.32. The number of rotatable bonds is 5. The highest BCUT2D eigenvalue weighted by molar-refractivity contribution is 5.94. The van der Waals surface area contributed by atoms with Crippen LogP contribution in [0, 0.1) is 0 Å². The molecule has 0 saturated heterocycles. The number of halogens is 3. The van der Waals surface area contributed by atoms with Gasteiger partial charge in [0.15, 0.2) is 0 Å². The second kappa shape index (κ2) is 7.70. The molecule has 0 aromatic heterocycles.